The normalized spacial score (nSPS) is 19.7. The second kappa shape index (κ2) is 6.56. The van der Waals surface area contributed by atoms with E-state index in [0.29, 0.717) is 6.04 Å². The smallest absolute Gasteiger partial charge is 0.0643 e. The quantitative estimate of drug-likeness (QED) is 0.812. The predicted octanol–water partition coefficient (Wildman–Crippen LogP) is 3.84. The Labute approximate surface area is 117 Å². The van der Waals surface area contributed by atoms with Crippen LogP contribution in [0.1, 0.15) is 76.9 Å². The van der Waals surface area contributed by atoms with Crippen molar-refractivity contribution in [2.75, 3.05) is 0 Å². The van der Waals surface area contributed by atoms with E-state index in [-0.39, 0.29) is 5.54 Å². The molecule has 1 aliphatic carbocycles. The van der Waals surface area contributed by atoms with E-state index in [9.17, 15) is 0 Å². The molecular weight excluding hydrogens is 234 g/mol. The number of nitrogens with zero attached hydrogens (tertiary/aromatic N) is 2. The molecule has 1 atom stereocenters. The minimum Gasteiger partial charge on any atom is -0.325 e. The van der Waals surface area contributed by atoms with Crippen molar-refractivity contribution in [3.05, 3.63) is 18.0 Å². The first kappa shape index (κ1) is 14.6. The van der Waals surface area contributed by atoms with Crippen molar-refractivity contribution in [3.63, 3.8) is 0 Å². The van der Waals surface area contributed by atoms with Gasteiger partial charge in [-0.05, 0) is 31.7 Å². The SMILES string of the molecule is CCCCC(N)(CC)Cc1ccn(C2CCCC2)n1. The van der Waals surface area contributed by atoms with Crippen molar-refractivity contribution in [1.29, 1.82) is 0 Å². The zero-order chi connectivity index (χ0) is 13.7. The zero-order valence-electron chi connectivity index (χ0n) is 12.6. The molecule has 2 rings (SSSR count). The van der Waals surface area contributed by atoms with Gasteiger partial charge in [-0.25, -0.2) is 0 Å². The minimum atomic E-state index is -0.0646. The third-order valence-corrected chi connectivity index (χ3v) is 4.63. The molecule has 0 aromatic carbocycles. The van der Waals surface area contributed by atoms with Gasteiger partial charge in [0, 0.05) is 18.2 Å². The summed E-state index contributed by atoms with van der Waals surface area (Å²) in [4.78, 5) is 0. The maximum Gasteiger partial charge on any atom is 0.0643 e. The molecule has 0 radical (unpaired) electrons. The Morgan fingerprint density at radius 2 is 2.11 bits per heavy atom. The first-order valence-electron chi connectivity index (χ1n) is 8.00. The van der Waals surface area contributed by atoms with Gasteiger partial charge in [0.1, 0.15) is 0 Å². The Kier molecular flexibility index (Phi) is 5.03. The van der Waals surface area contributed by atoms with Crippen molar-refractivity contribution >= 4 is 0 Å². The predicted molar refractivity (Wildman–Crippen MR) is 80.2 cm³/mol. The number of aromatic nitrogens is 2. The summed E-state index contributed by atoms with van der Waals surface area (Å²) in [5, 5.41) is 4.77. The Morgan fingerprint density at radius 3 is 2.74 bits per heavy atom. The molecule has 0 amide bonds. The first-order chi connectivity index (χ1) is 9.17. The van der Waals surface area contributed by atoms with Gasteiger partial charge in [-0.15, -0.1) is 0 Å². The molecule has 3 nitrogen and oxygen atoms in total. The summed E-state index contributed by atoms with van der Waals surface area (Å²) in [5.74, 6) is 0. The summed E-state index contributed by atoms with van der Waals surface area (Å²) in [6.45, 7) is 4.43. The molecule has 1 fully saturated rings. The second-order valence-corrected chi connectivity index (χ2v) is 6.22. The maximum absolute atomic E-state index is 6.53. The third-order valence-electron chi connectivity index (χ3n) is 4.63. The van der Waals surface area contributed by atoms with Crippen LogP contribution >= 0.6 is 0 Å². The van der Waals surface area contributed by atoms with Crippen LogP contribution in [0.2, 0.25) is 0 Å². The van der Waals surface area contributed by atoms with Gasteiger partial charge in [0.2, 0.25) is 0 Å². The standard InChI is InChI=1S/C16H29N3/c1-3-5-11-16(17,4-2)13-14-10-12-19(18-14)15-8-6-7-9-15/h10,12,15H,3-9,11,13,17H2,1-2H3. The molecule has 0 bridgehead atoms. The zero-order valence-corrected chi connectivity index (χ0v) is 12.6. The average molecular weight is 263 g/mol. The monoisotopic (exact) mass is 263 g/mol. The van der Waals surface area contributed by atoms with E-state index in [0.717, 1.165) is 19.3 Å². The van der Waals surface area contributed by atoms with Gasteiger partial charge in [-0.1, -0.05) is 39.5 Å². The van der Waals surface area contributed by atoms with E-state index < -0.39 is 0 Å². The molecule has 1 aromatic heterocycles. The Morgan fingerprint density at radius 1 is 1.37 bits per heavy atom. The van der Waals surface area contributed by atoms with E-state index in [1.165, 1.54) is 44.2 Å². The topological polar surface area (TPSA) is 43.8 Å². The van der Waals surface area contributed by atoms with Crippen LogP contribution in [0.25, 0.3) is 0 Å². The molecule has 19 heavy (non-hydrogen) atoms. The van der Waals surface area contributed by atoms with E-state index in [2.05, 4.69) is 30.8 Å². The van der Waals surface area contributed by atoms with Gasteiger partial charge < -0.3 is 5.73 Å². The van der Waals surface area contributed by atoms with E-state index in [1.807, 2.05) is 0 Å². The Bertz CT molecular complexity index is 379. The van der Waals surface area contributed by atoms with Crippen LogP contribution in [0.15, 0.2) is 12.3 Å². The summed E-state index contributed by atoms with van der Waals surface area (Å²) in [6, 6.07) is 2.81. The number of rotatable bonds is 7. The summed E-state index contributed by atoms with van der Waals surface area (Å²) < 4.78 is 2.18. The fourth-order valence-electron chi connectivity index (χ4n) is 3.12. The molecule has 0 saturated heterocycles. The lowest BCUT2D eigenvalue weighted by molar-refractivity contribution is 0.358. The number of hydrogen-bond donors (Lipinski definition) is 1. The van der Waals surface area contributed by atoms with Crippen molar-refractivity contribution in [2.45, 2.75) is 83.2 Å². The van der Waals surface area contributed by atoms with Crippen molar-refractivity contribution in [1.82, 2.24) is 9.78 Å². The lowest BCUT2D eigenvalue weighted by Gasteiger charge is -2.27. The highest BCUT2D eigenvalue weighted by atomic mass is 15.3. The molecule has 108 valence electrons. The highest BCUT2D eigenvalue weighted by Crippen LogP contribution is 2.29. The van der Waals surface area contributed by atoms with Crippen LogP contribution in [0.5, 0.6) is 0 Å². The first-order valence-corrected chi connectivity index (χ1v) is 8.00. The van der Waals surface area contributed by atoms with Gasteiger partial charge in [0.15, 0.2) is 0 Å². The van der Waals surface area contributed by atoms with Gasteiger partial charge in [-0.2, -0.15) is 5.10 Å². The van der Waals surface area contributed by atoms with Gasteiger partial charge in [-0.3, -0.25) is 4.68 Å². The molecule has 1 saturated carbocycles. The molecular formula is C16H29N3. The van der Waals surface area contributed by atoms with E-state index >= 15 is 0 Å². The summed E-state index contributed by atoms with van der Waals surface area (Å²) in [6.07, 6.45) is 12.9. The summed E-state index contributed by atoms with van der Waals surface area (Å²) in [5.41, 5.74) is 7.64. The molecule has 0 aliphatic heterocycles. The molecule has 3 heteroatoms. The number of nitrogens with two attached hydrogens (primary N) is 1. The van der Waals surface area contributed by atoms with Crippen LogP contribution in [0.3, 0.4) is 0 Å². The fraction of sp³-hybridized carbons (Fsp3) is 0.812. The highest BCUT2D eigenvalue weighted by molar-refractivity contribution is 5.06. The summed E-state index contributed by atoms with van der Waals surface area (Å²) in [7, 11) is 0. The van der Waals surface area contributed by atoms with Crippen LogP contribution in [-0.4, -0.2) is 15.3 Å². The van der Waals surface area contributed by atoms with Gasteiger partial charge in [0.25, 0.3) is 0 Å². The second-order valence-electron chi connectivity index (χ2n) is 6.22. The molecule has 1 aromatic rings. The Hall–Kier alpha value is -0.830. The van der Waals surface area contributed by atoms with Gasteiger partial charge >= 0.3 is 0 Å². The van der Waals surface area contributed by atoms with Gasteiger partial charge in [0.05, 0.1) is 11.7 Å². The third kappa shape index (κ3) is 3.82. The average Bonchev–Trinajstić information content (AvgIpc) is 3.06. The van der Waals surface area contributed by atoms with Crippen LogP contribution in [0, 0.1) is 0 Å². The van der Waals surface area contributed by atoms with Crippen LogP contribution in [0.4, 0.5) is 0 Å². The lowest BCUT2D eigenvalue weighted by Crippen LogP contribution is -2.41. The van der Waals surface area contributed by atoms with E-state index in [1.54, 1.807) is 0 Å². The lowest BCUT2D eigenvalue weighted by atomic mass is 9.86. The molecule has 1 heterocycles. The van der Waals surface area contributed by atoms with Crippen molar-refractivity contribution < 1.29 is 0 Å². The minimum absolute atomic E-state index is 0.0646. The largest absolute Gasteiger partial charge is 0.325 e. The maximum atomic E-state index is 6.53. The van der Waals surface area contributed by atoms with Crippen molar-refractivity contribution in [3.8, 4) is 0 Å². The molecule has 1 unspecified atom stereocenters. The molecule has 0 spiro atoms. The Balaban J connectivity index is 1.97. The van der Waals surface area contributed by atoms with Crippen LogP contribution in [-0.2, 0) is 6.42 Å². The fourth-order valence-corrected chi connectivity index (χ4v) is 3.12. The highest BCUT2D eigenvalue weighted by Gasteiger charge is 2.24. The van der Waals surface area contributed by atoms with E-state index in [4.69, 9.17) is 10.8 Å². The molecule has 1 aliphatic rings. The number of hydrogen-bond acceptors (Lipinski definition) is 2. The van der Waals surface area contributed by atoms with Crippen LogP contribution < -0.4 is 5.73 Å². The number of unbranched alkanes of at least 4 members (excludes halogenated alkanes) is 1. The molecule has 2 N–H and O–H groups in total. The summed E-state index contributed by atoms with van der Waals surface area (Å²) >= 11 is 0. The van der Waals surface area contributed by atoms with Crippen molar-refractivity contribution in [2.24, 2.45) is 5.73 Å².